The minimum absolute atomic E-state index is 0.0950. The highest BCUT2D eigenvalue weighted by Crippen LogP contribution is 2.36. The van der Waals surface area contributed by atoms with E-state index in [-0.39, 0.29) is 17.8 Å². The Balaban J connectivity index is 2.25. The third-order valence-corrected chi connectivity index (χ3v) is 3.09. The van der Waals surface area contributed by atoms with Crippen molar-refractivity contribution in [2.45, 2.75) is 12.1 Å². The Morgan fingerprint density at radius 2 is 2.29 bits per heavy atom. The van der Waals surface area contributed by atoms with Crippen LogP contribution in [0.25, 0.3) is 0 Å². The molecule has 0 bridgehead atoms. The fourth-order valence-electron chi connectivity index (χ4n) is 2.13. The quantitative estimate of drug-likeness (QED) is 0.610. The van der Waals surface area contributed by atoms with Crippen LogP contribution < -0.4 is 0 Å². The van der Waals surface area contributed by atoms with Crippen molar-refractivity contribution in [1.29, 1.82) is 0 Å². The van der Waals surface area contributed by atoms with Crippen molar-refractivity contribution in [3.63, 3.8) is 0 Å². The number of methoxy groups -OCH3 is 1. The smallest absolute Gasteiger partial charge is 0.254 e. The minimum Gasteiger partial charge on any atom is -0.369 e. The lowest BCUT2D eigenvalue weighted by atomic mass is 9.90. The Labute approximate surface area is 104 Å². The van der Waals surface area contributed by atoms with Crippen LogP contribution in [0.2, 0.25) is 0 Å². The summed E-state index contributed by atoms with van der Waals surface area (Å²) >= 11 is 5.64. The number of halogens is 2. The lowest BCUT2D eigenvalue weighted by Gasteiger charge is -2.46. The van der Waals surface area contributed by atoms with E-state index in [2.05, 4.69) is 0 Å². The molecule has 1 saturated heterocycles. The minimum atomic E-state index is -0.528. The first-order chi connectivity index (χ1) is 8.19. The lowest BCUT2D eigenvalue weighted by molar-refractivity contribution is -0.170. The third kappa shape index (κ3) is 2.15. The summed E-state index contributed by atoms with van der Waals surface area (Å²) in [4.78, 5) is 13.3. The van der Waals surface area contributed by atoms with Crippen LogP contribution in [0.5, 0.6) is 0 Å². The number of carbonyl (C=O) groups excluding carboxylic acids is 1. The molecule has 0 unspecified atom stereocenters. The van der Waals surface area contributed by atoms with Crippen molar-refractivity contribution in [3.05, 3.63) is 35.6 Å². The number of benzene rings is 1. The van der Waals surface area contributed by atoms with Gasteiger partial charge in [-0.2, -0.15) is 0 Å². The molecule has 17 heavy (non-hydrogen) atoms. The number of β-lactam (4-membered cyclic amide) rings is 1. The summed E-state index contributed by atoms with van der Waals surface area (Å²) in [7, 11) is 1.48. The molecular weight excluding hydrogens is 245 g/mol. The van der Waals surface area contributed by atoms with Gasteiger partial charge in [0.2, 0.25) is 0 Å². The second-order valence-corrected chi connectivity index (χ2v) is 4.25. The second-order valence-electron chi connectivity index (χ2n) is 3.88. The van der Waals surface area contributed by atoms with Gasteiger partial charge in [0, 0.05) is 19.5 Å². The second kappa shape index (κ2) is 5.02. The summed E-state index contributed by atoms with van der Waals surface area (Å²) in [6.45, 7) is 0.446. The van der Waals surface area contributed by atoms with Gasteiger partial charge < -0.3 is 9.64 Å². The highest BCUT2D eigenvalue weighted by Gasteiger charge is 2.48. The normalized spacial score (nSPS) is 23.7. The molecule has 1 amide bonds. The first-order valence-electron chi connectivity index (χ1n) is 5.33. The summed E-state index contributed by atoms with van der Waals surface area (Å²) in [5.41, 5.74) is 0.738. The van der Waals surface area contributed by atoms with Crippen LogP contribution in [0.1, 0.15) is 11.6 Å². The highest BCUT2D eigenvalue weighted by atomic mass is 35.5. The number of ether oxygens (including phenoxy) is 1. The first-order valence-corrected chi connectivity index (χ1v) is 5.87. The van der Waals surface area contributed by atoms with Gasteiger partial charge >= 0.3 is 0 Å². The maximum Gasteiger partial charge on any atom is 0.254 e. The van der Waals surface area contributed by atoms with Crippen molar-refractivity contribution in [2.24, 2.45) is 0 Å². The highest BCUT2D eigenvalue weighted by molar-refractivity contribution is 6.18. The fraction of sp³-hybridized carbons (Fsp3) is 0.417. The molecule has 1 aromatic carbocycles. The van der Waals surface area contributed by atoms with Gasteiger partial charge in [0.15, 0.2) is 6.10 Å². The molecule has 0 spiro atoms. The number of alkyl halides is 1. The first kappa shape index (κ1) is 12.3. The van der Waals surface area contributed by atoms with E-state index in [9.17, 15) is 9.18 Å². The van der Waals surface area contributed by atoms with Gasteiger partial charge in [-0.3, -0.25) is 4.79 Å². The summed E-state index contributed by atoms with van der Waals surface area (Å²) < 4.78 is 18.3. The molecule has 2 atom stereocenters. The molecule has 1 aromatic rings. The summed E-state index contributed by atoms with van der Waals surface area (Å²) in [5.74, 6) is -0.0569. The van der Waals surface area contributed by atoms with Gasteiger partial charge in [-0.15, -0.1) is 11.6 Å². The number of carbonyl (C=O) groups is 1. The molecule has 3 nitrogen and oxygen atoms in total. The number of likely N-dealkylation sites (tertiary alicyclic amines) is 1. The predicted octanol–water partition coefficient (Wildman–Crippen LogP) is 1.96. The molecule has 1 heterocycles. The van der Waals surface area contributed by atoms with E-state index < -0.39 is 6.10 Å². The molecule has 2 rings (SSSR count). The number of amides is 1. The van der Waals surface area contributed by atoms with Crippen molar-refractivity contribution >= 4 is 17.5 Å². The Bertz CT molecular complexity index is 427. The van der Waals surface area contributed by atoms with Gasteiger partial charge in [-0.05, 0) is 17.7 Å². The zero-order valence-electron chi connectivity index (χ0n) is 9.40. The Kier molecular flexibility index (Phi) is 3.64. The van der Waals surface area contributed by atoms with Gasteiger partial charge in [0.05, 0.1) is 6.04 Å². The van der Waals surface area contributed by atoms with E-state index in [0.29, 0.717) is 12.4 Å². The number of nitrogens with zero attached hydrogens (tertiary/aromatic N) is 1. The average molecular weight is 258 g/mol. The van der Waals surface area contributed by atoms with Gasteiger partial charge in [-0.1, -0.05) is 12.1 Å². The van der Waals surface area contributed by atoms with Crippen molar-refractivity contribution in [2.75, 3.05) is 19.5 Å². The van der Waals surface area contributed by atoms with Crippen molar-refractivity contribution < 1.29 is 13.9 Å². The molecule has 92 valence electrons. The Morgan fingerprint density at radius 3 is 2.88 bits per heavy atom. The zero-order chi connectivity index (χ0) is 12.4. The maximum atomic E-state index is 13.2. The monoisotopic (exact) mass is 257 g/mol. The van der Waals surface area contributed by atoms with E-state index in [1.807, 2.05) is 0 Å². The van der Waals surface area contributed by atoms with E-state index in [1.54, 1.807) is 17.0 Å². The SMILES string of the molecule is CO[C@@H]1C(=O)N(CCCl)[C@@H]1c1cccc(F)c1. The molecular formula is C12H13ClFNO2. The summed E-state index contributed by atoms with van der Waals surface area (Å²) in [5, 5.41) is 0. The predicted molar refractivity (Wildman–Crippen MR) is 62.4 cm³/mol. The molecule has 1 aliphatic heterocycles. The van der Waals surface area contributed by atoms with Crippen molar-refractivity contribution in [1.82, 2.24) is 4.90 Å². The topological polar surface area (TPSA) is 29.5 Å². The molecule has 0 saturated carbocycles. The average Bonchev–Trinajstić information content (AvgIpc) is 2.32. The molecule has 0 aliphatic carbocycles. The number of hydrogen-bond acceptors (Lipinski definition) is 2. The van der Waals surface area contributed by atoms with E-state index in [1.165, 1.54) is 19.2 Å². The van der Waals surface area contributed by atoms with Crippen LogP contribution in [-0.2, 0) is 9.53 Å². The van der Waals surface area contributed by atoms with Gasteiger partial charge in [0.25, 0.3) is 5.91 Å². The van der Waals surface area contributed by atoms with Gasteiger partial charge in [-0.25, -0.2) is 4.39 Å². The van der Waals surface area contributed by atoms with E-state index >= 15 is 0 Å². The molecule has 0 N–H and O–H groups in total. The molecule has 0 aromatic heterocycles. The van der Waals surface area contributed by atoms with E-state index in [4.69, 9.17) is 16.3 Å². The van der Waals surface area contributed by atoms with Gasteiger partial charge in [0.1, 0.15) is 5.82 Å². The van der Waals surface area contributed by atoms with E-state index in [0.717, 1.165) is 5.56 Å². The van der Waals surface area contributed by atoms with Crippen LogP contribution in [0.15, 0.2) is 24.3 Å². The molecule has 1 fully saturated rings. The van der Waals surface area contributed by atoms with Crippen LogP contribution in [-0.4, -0.2) is 36.4 Å². The maximum absolute atomic E-state index is 13.2. The third-order valence-electron chi connectivity index (χ3n) is 2.92. The molecule has 1 aliphatic rings. The summed E-state index contributed by atoms with van der Waals surface area (Å²) in [6.07, 6.45) is -0.528. The largest absolute Gasteiger partial charge is 0.369 e. The van der Waals surface area contributed by atoms with Crippen LogP contribution in [0, 0.1) is 5.82 Å². The molecule has 5 heteroatoms. The Hall–Kier alpha value is -1.13. The van der Waals surface area contributed by atoms with Crippen molar-refractivity contribution in [3.8, 4) is 0 Å². The standard InChI is InChI=1S/C12H13ClFNO2/c1-17-11-10(15(6-5-13)12(11)16)8-3-2-4-9(14)7-8/h2-4,7,10-11H,5-6H2,1H3/t10-,11+/m1/s1. The van der Waals surface area contributed by atoms with Crippen LogP contribution in [0.3, 0.4) is 0 Å². The zero-order valence-corrected chi connectivity index (χ0v) is 10.2. The summed E-state index contributed by atoms with van der Waals surface area (Å²) in [6, 6.07) is 5.97. The number of rotatable bonds is 4. The number of hydrogen-bond donors (Lipinski definition) is 0. The van der Waals surface area contributed by atoms with Crippen LogP contribution in [0.4, 0.5) is 4.39 Å². The lowest BCUT2D eigenvalue weighted by Crippen LogP contribution is -2.59. The van der Waals surface area contributed by atoms with Crippen LogP contribution >= 0.6 is 11.6 Å². The fourth-order valence-corrected chi connectivity index (χ4v) is 2.31. The Morgan fingerprint density at radius 1 is 1.53 bits per heavy atom. The molecule has 0 radical (unpaired) electrons.